The minimum Gasteiger partial charge on any atom is -0.341 e. The Morgan fingerprint density at radius 3 is 2.56 bits per heavy atom. The lowest BCUT2D eigenvalue weighted by molar-refractivity contribution is -0.132. The molecule has 146 valence electrons. The molecule has 27 heavy (non-hydrogen) atoms. The number of benzene rings is 1. The number of halogens is 1. The second-order valence-electron chi connectivity index (χ2n) is 7.55. The number of hydrogen-bond acceptors (Lipinski definition) is 4. The maximum absolute atomic E-state index is 13.2. The Hall–Kier alpha value is -2.28. The van der Waals surface area contributed by atoms with Crippen molar-refractivity contribution in [1.82, 2.24) is 24.6 Å². The normalized spacial score (nSPS) is 18.7. The van der Waals surface area contributed by atoms with E-state index in [1.54, 1.807) is 12.7 Å². The third kappa shape index (κ3) is 5.35. The molecule has 1 aliphatic rings. The molecule has 7 heteroatoms. The van der Waals surface area contributed by atoms with Gasteiger partial charge in [-0.15, -0.1) is 10.2 Å². The first-order valence-corrected chi connectivity index (χ1v) is 9.61. The van der Waals surface area contributed by atoms with Gasteiger partial charge in [0.05, 0.1) is 0 Å². The van der Waals surface area contributed by atoms with Crippen LogP contribution in [0.3, 0.4) is 0 Å². The van der Waals surface area contributed by atoms with Gasteiger partial charge in [-0.1, -0.05) is 26.0 Å². The Morgan fingerprint density at radius 2 is 1.89 bits per heavy atom. The number of carbonyl (C=O) groups is 1. The molecule has 0 radical (unpaired) electrons. The average Bonchev–Trinajstić information content (AvgIpc) is 3.08. The van der Waals surface area contributed by atoms with Gasteiger partial charge in [0.1, 0.15) is 18.5 Å². The summed E-state index contributed by atoms with van der Waals surface area (Å²) in [4.78, 5) is 17.2. The van der Waals surface area contributed by atoms with Crippen molar-refractivity contribution in [3.05, 3.63) is 48.3 Å². The lowest BCUT2D eigenvalue weighted by Crippen LogP contribution is -2.45. The molecule has 1 amide bonds. The SMILES string of the molecule is CC(C)[C@@H]1CN(C(=O)CCn2cnnc2)CCCN1Cc1ccc(F)cc1. The number of carbonyl (C=O) groups excluding carboxylic acids is 1. The van der Waals surface area contributed by atoms with E-state index in [2.05, 4.69) is 28.9 Å². The molecule has 1 aliphatic heterocycles. The van der Waals surface area contributed by atoms with E-state index in [1.807, 2.05) is 21.6 Å². The van der Waals surface area contributed by atoms with Crippen molar-refractivity contribution < 1.29 is 9.18 Å². The van der Waals surface area contributed by atoms with Crippen LogP contribution in [0.4, 0.5) is 4.39 Å². The third-order valence-electron chi connectivity index (χ3n) is 5.22. The van der Waals surface area contributed by atoms with Gasteiger partial charge >= 0.3 is 0 Å². The Labute approximate surface area is 160 Å². The van der Waals surface area contributed by atoms with Gasteiger partial charge in [-0.3, -0.25) is 9.69 Å². The molecule has 6 nitrogen and oxygen atoms in total. The highest BCUT2D eigenvalue weighted by Gasteiger charge is 2.29. The van der Waals surface area contributed by atoms with E-state index in [-0.39, 0.29) is 17.8 Å². The van der Waals surface area contributed by atoms with Gasteiger partial charge in [-0.05, 0) is 30.0 Å². The number of nitrogens with zero attached hydrogens (tertiary/aromatic N) is 5. The summed E-state index contributed by atoms with van der Waals surface area (Å²) in [5, 5.41) is 7.55. The molecular formula is C20H28FN5O. The summed E-state index contributed by atoms with van der Waals surface area (Å²) < 4.78 is 15.0. The zero-order chi connectivity index (χ0) is 19.2. The van der Waals surface area contributed by atoms with E-state index in [4.69, 9.17) is 0 Å². The summed E-state index contributed by atoms with van der Waals surface area (Å²) in [7, 11) is 0. The average molecular weight is 373 g/mol. The molecule has 0 bridgehead atoms. The van der Waals surface area contributed by atoms with E-state index in [0.29, 0.717) is 18.9 Å². The number of amides is 1. The molecule has 2 aromatic rings. The standard InChI is InChI=1S/C20H28FN5O/c1-16(2)19-13-26(20(27)8-11-24-14-22-23-15-24)10-3-9-25(19)12-17-4-6-18(21)7-5-17/h4-7,14-16,19H,3,8-13H2,1-2H3/t19-/m0/s1. The molecule has 1 aromatic carbocycles. The monoisotopic (exact) mass is 373 g/mol. The van der Waals surface area contributed by atoms with Gasteiger partial charge in [0, 0.05) is 45.2 Å². The molecule has 0 aliphatic carbocycles. The predicted molar refractivity (Wildman–Crippen MR) is 101 cm³/mol. The summed E-state index contributed by atoms with van der Waals surface area (Å²) >= 11 is 0. The van der Waals surface area contributed by atoms with Crippen molar-refractivity contribution >= 4 is 5.91 Å². The van der Waals surface area contributed by atoms with Crippen LogP contribution >= 0.6 is 0 Å². The maximum Gasteiger partial charge on any atom is 0.224 e. The summed E-state index contributed by atoms with van der Waals surface area (Å²) in [5.41, 5.74) is 1.11. The molecular weight excluding hydrogens is 345 g/mol. The highest BCUT2D eigenvalue weighted by Crippen LogP contribution is 2.20. The number of rotatable bonds is 6. The number of aryl methyl sites for hydroxylation is 1. The van der Waals surface area contributed by atoms with Crippen molar-refractivity contribution in [2.75, 3.05) is 19.6 Å². The lowest BCUT2D eigenvalue weighted by atomic mass is 10.0. The third-order valence-corrected chi connectivity index (χ3v) is 5.22. The Bertz CT molecular complexity index is 716. The predicted octanol–water partition coefficient (Wildman–Crippen LogP) is 2.57. The Balaban J connectivity index is 1.63. The minimum atomic E-state index is -0.208. The molecule has 0 unspecified atom stereocenters. The van der Waals surface area contributed by atoms with Crippen molar-refractivity contribution in [3.63, 3.8) is 0 Å². The van der Waals surface area contributed by atoms with Crippen LogP contribution in [0.1, 0.15) is 32.3 Å². The van der Waals surface area contributed by atoms with Crippen LogP contribution in [0.25, 0.3) is 0 Å². The maximum atomic E-state index is 13.2. The second kappa shape index (κ2) is 9.08. The Morgan fingerprint density at radius 1 is 1.19 bits per heavy atom. The van der Waals surface area contributed by atoms with Crippen LogP contribution < -0.4 is 0 Å². The topological polar surface area (TPSA) is 54.3 Å². The van der Waals surface area contributed by atoms with Crippen molar-refractivity contribution in [2.24, 2.45) is 5.92 Å². The van der Waals surface area contributed by atoms with Gasteiger partial charge in [-0.2, -0.15) is 0 Å². The van der Waals surface area contributed by atoms with Crippen LogP contribution in [0.2, 0.25) is 0 Å². The highest BCUT2D eigenvalue weighted by atomic mass is 19.1. The Kier molecular flexibility index (Phi) is 6.55. The summed E-state index contributed by atoms with van der Waals surface area (Å²) in [5.74, 6) is 0.398. The molecule has 0 N–H and O–H groups in total. The summed E-state index contributed by atoms with van der Waals surface area (Å²) in [6.07, 6.45) is 4.68. The fourth-order valence-electron chi connectivity index (χ4n) is 3.66. The molecule has 1 aromatic heterocycles. The first-order valence-electron chi connectivity index (χ1n) is 9.61. The van der Waals surface area contributed by atoms with Crippen LogP contribution in [0.5, 0.6) is 0 Å². The zero-order valence-corrected chi connectivity index (χ0v) is 16.1. The van der Waals surface area contributed by atoms with Gasteiger partial charge in [0.25, 0.3) is 0 Å². The second-order valence-corrected chi connectivity index (χ2v) is 7.55. The molecule has 0 saturated carbocycles. The van der Waals surface area contributed by atoms with Crippen LogP contribution in [0, 0.1) is 11.7 Å². The van der Waals surface area contributed by atoms with Crippen LogP contribution in [0.15, 0.2) is 36.9 Å². The number of hydrogen-bond donors (Lipinski definition) is 0. The van der Waals surface area contributed by atoms with Crippen LogP contribution in [-0.4, -0.2) is 56.1 Å². The zero-order valence-electron chi connectivity index (χ0n) is 16.1. The van der Waals surface area contributed by atoms with Crippen molar-refractivity contribution in [3.8, 4) is 0 Å². The van der Waals surface area contributed by atoms with Gasteiger partial charge in [0.2, 0.25) is 5.91 Å². The van der Waals surface area contributed by atoms with Crippen molar-refractivity contribution in [2.45, 2.75) is 45.8 Å². The molecule has 3 rings (SSSR count). The van der Waals surface area contributed by atoms with Gasteiger partial charge in [0.15, 0.2) is 0 Å². The fourth-order valence-corrected chi connectivity index (χ4v) is 3.66. The molecule has 1 atom stereocenters. The van der Waals surface area contributed by atoms with E-state index in [1.165, 1.54) is 12.1 Å². The molecule has 0 spiro atoms. The van der Waals surface area contributed by atoms with Gasteiger partial charge in [-0.25, -0.2) is 4.39 Å². The molecule has 1 saturated heterocycles. The summed E-state index contributed by atoms with van der Waals surface area (Å²) in [6, 6.07) is 7.01. The first-order chi connectivity index (χ1) is 13.0. The van der Waals surface area contributed by atoms with E-state index < -0.39 is 0 Å². The quantitative estimate of drug-likeness (QED) is 0.781. The van der Waals surface area contributed by atoms with Crippen molar-refractivity contribution in [1.29, 1.82) is 0 Å². The molecule has 1 fully saturated rings. The highest BCUT2D eigenvalue weighted by molar-refractivity contribution is 5.76. The van der Waals surface area contributed by atoms with E-state index in [0.717, 1.165) is 38.2 Å². The van der Waals surface area contributed by atoms with E-state index >= 15 is 0 Å². The molecule has 2 heterocycles. The number of aromatic nitrogens is 3. The fraction of sp³-hybridized carbons (Fsp3) is 0.550. The van der Waals surface area contributed by atoms with Crippen LogP contribution in [-0.2, 0) is 17.9 Å². The smallest absolute Gasteiger partial charge is 0.224 e. The van der Waals surface area contributed by atoms with Gasteiger partial charge < -0.3 is 9.47 Å². The summed E-state index contributed by atoms with van der Waals surface area (Å²) in [6.45, 7) is 8.25. The first kappa shape index (κ1) is 19.5. The largest absolute Gasteiger partial charge is 0.341 e. The minimum absolute atomic E-state index is 0.179. The van der Waals surface area contributed by atoms with E-state index in [9.17, 15) is 9.18 Å². The lowest BCUT2D eigenvalue weighted by Gasteiger charge is -2.34.